The molecule has 0 bridgehead atoms. The van der Waals surface area contributed by atoms with E-state index in [-0.39, 0.29) is 48.7 Å². The smallest absolute Gasteiger partial charge is 0.420 e. The van der Waals surface area contributed by atoms with E-state index in [2.05, 4.69) is 4.90 Å². The van der Waals surface area contributed by atoms with Crippen LogP contribution in [-0.4, -0.2) is 43.3 Å². The monoisotopic (exact) mass is 531 g/mol. The fourth-order valence-corrected chi connectivity index (χ4v) is 5.64. The van der Waals surface area contributed by atoms with E-state index in [1.54, 1.807) is 18.2 Å². The highest BCUT2D eigenvalue weighted by Crippen LogP contribution is 2.44. The molecule has 1 saturated carbocycles. The van der Waals surface area contributed by atoms with Crippen molar-refractivity contribution in [3.05, 3.63) is 41.5 Å². The average Bonchev–Trinajstić information content (AvgIpc) is 2.83. The van der Waals surface area contributed by atoms with Crippen LogP contribution in [0.15, 0.2) is 30.3 Å². The molecule has 2 aromatic carbocycles. The molecule has 1 aliphatic heterocycles. The van der Waals surface area contributed by atoms with E-state index in [9.17, 15) is 31.1 Å². The summed E-state index contributed by atoms with van der Waals surface area (Å²) in [6, 6.07) is 7.69. The van der Waals surface area contributed by atoms with Gasteiger partial charge >= 0.3 is 18.3 Å². The largest absolute Gasteiger partial charge is 0.490 e. The Labute approximate surface area is 211 Å². The zero-order valence-corrected chi connectivity index (χ0v) is 20.6. The number of esters is 1. The van der Waals surface area contributed by atoms with Crippen LogP contribution in [0.25, 0.3) is 10.8 Å². The van der Waals surface area contributed by atoms with Crippen LogP contribution >= 0.6 is 0 Å². The number of likely N-dealkylation sites (tertiary alicyclic amines) is 1. The maximum atomic E-state index is 14.3. The molecule has 2 fully saturated rings. The van der Waals surface area contributed by atoms with Crippen molar-refractivity contribution in [2.75, 3.05) is 20.2 Å². The first-order valence-corrected chi connectivity index (χ1v) is 12.6. The minimum absolute atomic E-state index is 0.00889. The van der Waals surface area contributed by atoms with Gasteiger partial charge in [-0.15, -0.1) is 0 Å². The first-order chi connectivity index (χ1) is 17.5. The number of benzene rings is 2. The molecule has 4 rings (SSSR count). The number of piperidine rings is 1. The number of methoxy groups -OCH3 is 1. The van der Waals surface area contributed by atoms with Gasteiger partial charge in [0, 0.05) is 19.5 Å². The first kappa shape index (κ1) is 27.5. The topological polar surface area (TPSA) is 38.8 Å². The summed E-state index contributed by atoms with van der Waals surface area (Å²) in [6.07, 6.45) is -7.79. The first-order valence-electron chi connectivity index (χ1n) is 12.6. The third-order valence-corrected chi connectivity index (χ3v) is 7.51. The lowest BCUT2D eigenvalue weighted by molar-refractivity contribution is -0.185. The number of rotatable bonds is 6. The van der Waals surface area contributed by atoms with E-state index < -0.39 is 29.9 Å². The van der Waals surface area contributed by atoms with Gasteiger partial charge in [-0.2, -0.15) is 26.3 Å². The van der Waals surface area contributed by atoms with Gasteiger partial charge in [-0.05, 0) is 73.4 Å². The molecule has 2 aliphatic rings. The Balaban J connectivity index is 1.55. The summed E-state index contributed by atoms with van der Waals surface area (Å²) in [5, 5.41) is 0.465. The van der Waals surface area contributed by atoms with Crippen molar-refractivity contribution >= 4 is 16.7 Å². The molecular formula is C27H31F6NO3. The number of carbonyl (C=O) groups excluding carboxylic acids is 1. The van der Waals surface area contributed by atoms with Crippen LogP contribution in [0.2, 0.25) is 0 Å². The highest BCUT2D eigenvalue weighted by Gasteiger charge is 2.43. The fourth-order valence-electron chi connectivity index (χ4n) is 5.64. The van der Waals surface area contributed by atoms with E-state index in [4.69, 9.17) is 9.47 Å². The summed E-state index contributed by atoms with van der Waals surface area (Å²) >= 11 is 0. The Morgan fingerprint density at radius 3 is 2.35 bits per heavy atom. The van der Waals surface area contributed by atoms with Crippen molar-refractivity contribution in [2.24, 2.45) is 11.8 Å². The van der Waals surface area contributed by atoms with Crippen LogP contribution in [0.4, 0.5) is 26.3 Å². The zero-order chi connectivity index (χ0) is 26.8. The molecule has 2 aromatic rings. The number of alkyl halides is 6. The van der Waals surface area contributed by atoms with Gasteiger partial charge in [0.15, 0.2) is 0 Å². The summed E-state index contributed by atoms with van der Waals surface area (Å²) in [7, 11) is 1.35. The molecule has 10 heteroatoms. The molecule has 37 heavy (non-hydrogen) atoms. The predicted molar refractivity (Wildman–Crippen MR) is 126 cm³/mol. The zero-order valence-electron chi connectivity index (χ0n) is 20.6. The number of ether oxygens (including phenoxy) is 2. The van der Waals surface area contributed by atoms with Gasteiger partial charge in [-0.3, -0.25) is 9.69 Å². The van der Waals surface area contributed by atoms with E-state index >= 15 is 0 Å². The highest BCUT2D eigenvalue weighted by atomic mass is 19.4. The molecule has 0 amide bonds. The summed E-state index contributed by atoms with van der Waals surface area (Å²) in [5.41, 5.74) is -0.161. The van der Waals surface area contributed by atoms with E-state index in [0.717, 1.165) is 24.9 Å². The average molecular weight is 532 g/mol. The number of hydrogen-bond acceptors (Lipinski definition) is 4. The van der Waals surface area contributed by atoms with E-state index in [1.807, 2.05) is 0 Å². The van der Waals surface area contributed by atoms with Crippen molar-refractivity contribution in [1.82, 2.24) is 4.90 Å². The maximum Gasteiger partial charge on any atom is 0.420 e. The maximum absolute atomic E-state index is 14.3. The summed E-state index contributed by atoms with van der Waals surface area (Å²) in [6.45, 7) is 1.87. The second kappa shape index (κ2) is 11.1. The molecule has 1 atom stereocenters. The lowest BCUT2D eigenvalue weighted by atomic mass is 9.87. The van der Waals surface area contributed by atoms with Crippen molar-refractivity contribution in [1.29, 1.82) is 0 Å². The van der Waals surface area contributed by atoms with E-state index in [0.29, 0.717) is 24.9 Å². The molecule has 0 N–H and O–H groups in total. The molecule has 1 aliphatic carbocycles. The van der Waals surface area contributed by atoms with Crippen LogP contribution in [-0.2, 0) is 22.3 Å². The van der Waals surface area contributed by atoms with Crippen molar-refractivity contribution in [3.8, 4) is 5.75 Å². The van der Waals surface area contributed by atoms with Crippen LogP contribution in [0.1, 0.15) is 56.1 Å². The Morgan fingerprint density at radius 1 is 0.973 bits per heavy atom. The molecule has 1 unspecified atom stereocenters. The summed E-state index contributed by atoms with van der Waals surface area (Å²) < 4.78 is 92.2. The normalized spacial score (nSPS) is 23.7. The van der Waals surface area contributed by atoms with Gasteiger partial charge in [0.25, 0.3) is 0 Å². The molecule has 1 saturated heterocycles. The van der Waals surface area contributed by atoms with Gasteiger partial charge in [-0.25, -0.2) is 0 Å². The molecule has 204 valence electrons. The SMILES string of the molecule is COC(=O)CC1CCCN(Cc2cccc3c(C(F)(F)F)c(OC4CCC(C(F)(F)F)CC4)ccc23)C1. The van der Waals surface area contributed by atoms with Gasteiger partial charge in [0.1, 0.15) is 11.3 Å². The number of nitrogens with zero attached hydrogens (tertiary/aromatic N) is 1. The third kappa shape index (κ3) is 6.69. The standard InChI is InChI=1S/C27H31F6NO3/c1-36-24(35)14-17-4-3-13-34(15-17)16-18-5-2-6-22-21(18)11-12-23(25(22)27(31,32)33)37-20-9-7-19(8-10-20)26(28,29)30/h2,5-6,11-12,17,19-20H,3-4,7-10,13-16H2,1H3. The summed E-state index contributed by atoms with van der Waals surface area (Å²) in [5.74, 6) is -1.92. The minimum Gasteiger partial charge on any atom is -0.490 e. The predicted octanol–water partition coefficient (Wildman–Crippen LogP) is 7.13. The Hall–Kier alpha value is -2.49. The second-order valence-corrected chi connectivity index (χ2v) is 10.1. The molecule has 1 heterocycles. The lowest BCUT2D eigenvalue weighted by Gasteiger charge is -2.33. The number of halogens is 6. The number of hydrogen-bond donors (Lipinski definition) is 0. The van der Waals surface area contributed by atoms with Gasteiger partial charge < -0.3 is 9.47 Å². The number of fused-ring (bicyclic) bond motifs is 1. The Morgan fingerprint density at radius 2 is 1.70 bits per heavy atom. The summed E-state index contributed by atoms with van der Waals surface area (Å²) in [4.78, 5) is 13.8. The minimum atomic E-state index is -4.70. The van der Waals surface area contributed by atoms with Crippen LogP contribution < -0.4 is 4.74 Å². The van der Waals surface area contributed by atoms with E-state index in [1.165, 1.54) is 19.2 Å². The van der Waals surface area contributed by atoms with Crippen molar-refractivity contribution in [2.45, 2.75) is 69.9 Å². The number of carbonyl (C=O) groups is 1. The highest BCUT2D eigenvalue weighted by molar-refractivity contribution is 5.91. The van der Waals surface area contributed by atoms with Crippen LogP contribution in [0.5, 0.6) is 5.75 Å². The third-order valence-electron chi connectivity index (χ3n) is 7.51. The van der Waals surface area contributed by atoms with Gasteiger partial charge in [-0.1, -0.05) is 24.3 Å². The fraction of sp³-hybridized carbons (Fsp3) is 0.593. The molecular weight excluding hydrogens is 500 g/mol. The molecule has 4 nitrogen and oxygen atoms in total. The Bertz CT molecular complexity index is 1090. The quantitative estimate of drug-likeness (QED) is 0.294. The Kier molecular flexibility index (Phi) is 8.26. The van der Waals surface area contributed by atoms with Gasteiger partial charge in [0.2, 0.25) is 0 Å². The van der Waals surface area contributed by atoms with Crippen LogP contribution in [0.3, 0.4) is 0 Å². The molecule has 0 spiro atoms. The second-order valence-electron chi connectivity index (χ2n) is 10.1. The molecule has 0 aromatic heterocycles. The van der Waals surface area contributed by atoms with Gasteiger partial charge in [0.05, 0.1) is 19.1 Å². The van der Waals surface area contributed by atoms with Crippen LogP contribution in [0, 0.1) is 11.8 Å². The molecule has 0 radical (unpaired) electrons. The van der Waals surface area contributed by atoms with Crippen molar-refractivity contribution < 1.29 is 40.6 Å². The lowest BCUT2D eigenvalue weighted by Crippen LogP contribution is -2.36. The van der Waals surface area contributed by atoms with Crippen molar-refractivity contribution in [3.63, 3.8) is 0 Å².